The molecule has 0 saturated heterocycles. The van der Waals surface area contributed by atoms with Crippen molar-refractivity contribution >= 4 is 28.3 Å². The average Bonchev–Trinajstić information content (AvgIpc) is 2.68. The van der Waals surface area contributed by atoms with E-state index in [1.165, 1.54) is 117 Å². The molecule has 0 amide bonds. The van der Waals surface area contributed by atoms with Gasteiger partial charge in [-0.25, -0.2) is 0 Å². The molecule has 0 aromatic heterocycles. The second kappa shape index (κ2) is 17.8. The van der Waals surface area contributed by atoms with Crippen LogP contribution < -0.4 is 22.7 Å². The molecule has 170 valence electrons. The van der Waals surface area contributed by atoms with Gasteiger partial charge < -0.3 is 27.2 Å². The van der Waals surface area contributed by atoms with Gasteiger partial charge in [0.1, 0.15) is 6.54 Å². The fourth-order valence-electron chi connectivity index (χ4n) is 4.25. The van der Waals surface area contributed by atoms with E-state index in [1.54, 1.807) is 0 Å². The number of rotatable bonds is 17. The lowest BCUT2D eigenvalue weighted by Crippen LogP contribution is -3.00. The molecule has 0 aliphatic carbocycles. The first kappa shape index (κ1) is 29.2. The van der Waals surface area contributed by atoms with Crippen molar-refractivity contribution in [3.63, 3.8) is 0 Å². The van der Waals surface area contributed by atoms with E-state index in [0.29, 0.717) is 0 Å². The zero-order valence-corrected chi connectivity index (χ0v) is 23.1. The van der Waals surface area contributed by atoms with Gasteiger partial charge in [-0.3, -0.25) is 0 Å². The molecule has 0 radical (unpaired) electrons. The maximum Gasteiger partial charge on any atom is 0.105 e. The number of benzene rings is 1. The number of anilines is 1. The zero-order chi connectivity index (χ0) is 20.7. The summed E-state index contributed by atoms with van der Waals surface area (Å²) in [4.78, 5) is 0. The van der Waals surface area contributed by atoms with Gasteiger partial charge in [-0.15, -0.1) is 0 Å². The highest BCUT2D eigenvalue weighted by Gasteiger charge is 2.27. The van der Waals surface area contributed by atoms with E-state index in [4.69, 9.17) is 5.73 Å². The van der Waals surface area contributed by atoms with Crippen molar-refractivity contribution in [1.82, 2.24) is 0 Å². The van der Waals surface area contributed by atoms with Crippen LogP contribution in [0.25, 0.3) is 0 Å². The van der Waals surface area contributed by atoms with Gasteiger partial charge in [-0.2, -0.15) is 0 Å². The summed E-state index contributed by atoms with van der Waals surface area (Å²) in [6.45, 7) is 12.2. The van der Waals surface area contributed by atoms with E-state index in [9.17, 15) is 0 Å². The molecule has 0 saturated carbocycles. The molecular weight excluding hydrogens is 535 g/mol. The minimum atomic E-state index is 0. The van der Waals surface area contributed by atoms with Gasteiger partial charge in [0.25, 0.3) is 0 Å². The lowest BCUT2D eigenvalue weighted by Gasteiger charge is -2.40. The van der Waals surface area contributed by atoms with Gasteiger partial charge in [0.05, 0.1) is 19.6 Å². The van der Waals surface area contributed by atoms with Crippen molar-refractivity contribution < 1.29 is 21.5 Å². The smallest absolute Gasteiger partial charge is 0.105 e. The zero-order valence-electron chi connectivity index (χ0n) is 19.3. The number of halogens is 2. The van der Waals surface area contributed by atoms with Crippen LogP contribution in [0.15, 0.2) is 18.2 Å². The van der Waals surface area contributed by atoms with Gasteiger partial charge in [-0.1, -0.05) is 65.4 Å². The molecule has 0 aliphatic rings. The predicted molar refractivity (Wildman–Crippen MR) is 135 cm³/mol. The molecule has 2 N–H and O–H groups in total. The Morgan fingerprint density at radius 3 is 1.55 bits per heavy atom. The standard InChI is InChI=1S/C25H46IN2.BrH/c1-4-7-10-13-18-28(19-14-11-8-5-2,20-15-12-9-6-3)22-23-16-17-24(27)21-25(23)26;/h16-17,21H,4-15,18-20,22,27H2,1-3H3;1H/q+1;/p-1. The molecule has 0 bridgehead atoms. The van der Waals surface area contributed by atoms with Crippen molar-refractivity contribution in [2.45, 2.75) is 104 Å². The van der Waals surface area contributed by atoms with Gasteiger partial charge in [0.2, 0.25) is 0 Å². The number of nitrogen functional groups attached to an aromatic ring is 1. The van der Waals surface area contributed by atoms with E-state index in [2.05, 4.69) is 61.6 Å². The van der Waals surface area contributed by atoms with E-state index in [-0.39, 0.29) is 17.0 Å². The number of hydrogen-bond donors (Lipinski definition) is 1. The highest BCUT2D eigenvalue weighted by Crippen LogP contribution is 2.25. The average molecular weight is 581 g/mol. The fourth-order valence-corrected chi connectivity index (χ4v) is 4.96. The number of unbranched alkanes of at least 4 members (excludes halogenated alkanes) is 9. The Bertz CT molecular complexity index is 490. The van der Waals surface area contributed by atoms with Crippen molar-refractivity contribution in [3.8, 4) is 0 Å². The van der Waals surface area contributed by atoms with Gasteiger partial charge >= 0.3 is 0 Å². The largest absolute Gasteiger partial charge is 1.00 e. The van der Waals surface area contributed by atoms with Crippen LogP contribution in [0.3, 0.4) is 0 Å². The van der Waals surface area contributed by atoms with Crippen molar-refractivity contribution in [2.75, 3.05) is 25.4 Å². The summed E-state index contributed by atoms with van der Waals surface area (Å²) in [6.07, 6.45) is 16.4. The van der Waals surface area contributed by atoms with E-state index in [0.717, 1.165) is 5.69 Å². The third-order valence-electron chi connectivity index (χ3n) is 6.04. The quantitative estimate of drug-likeness (QED) is 0.120. The summed E-state index contributed by atoms with van der Waals surface area (Å²) in [6, 6.07) is 6.53. The highest BCUT2D eigenvalue weighted by atomic mass is 127. The maximum absolute atomic E-state index is 6.02. The second-order valence-corrected chi connectivity index (χ2v) is 9.87. The first-order valence-electron chi connectivity index (χ1n) is 12.0. The van der Waals surface area contributed by atoms with Crippen LogP contribution in [-0.2, 0) is 6.54 Å². The first-order chi connectivity index (χ1) is 13.6. The van der Waals surface area contributed by atoms with Crippen LogP contribution in [-0.4, -0.2) is 24.1 Å². The maximum atomic E-state index is 6.02. The number of quaternary nitrogens is 1. The summed E-state index contributed by atoms with van der Waals surface area (Å²) in [5.74, 6) is 0. The van der Waals surface area contributed by atoms with Crippen LogP contribution in [0, 0.1) is 3.57 Å². The number of nitrogens with zero attached hydrogens (tertiary/aromatic N) is 1. The molecule has 0 fully saturated rings. The van der Waals surface area contributed by atoms with Crippen LogP contribution in [0.4, 0.5) is 5.69 Å². The van der Waals surface area contributed by atoms with Crippen molar-refractivity contribution in [2.24, 2.45) is 0 Å². The highest BCUT2D eigenvalue weighted by molar-refractivity contribution is 14.1. The predicted octanol–water partition coefficient (Wildman–Crippen LogP) is 4.94. The fraction of sp³-hybridized carbons (Fsp3) is 0.760. The third-order valence-corrected chi connectivity index (χ3v) is 7.05. The summed E-state index contributed by atoms with van der Waals surface area (Å²) >= 11 is 2.49. The van der Waals surface area contributed by atoms with Crippen LogP contribution in [0.2, 0.25) is 0 Å². The minimum Gasteiger partial charge on any atom is -1.00 e. The summed E-state index contributed by atoms with van der Waals surface area (Å²) in [7, 11) is 0. The SMILES string of the molecule is CCCCCC[N+](CCCCCC)(CCCCCC)Cc1ccc(N)cc1I.[Br-]. The van der Waals surface area contributed by atoms with Gasteiger partial charge in [0.15, 0.2) is 0 Å². The molecule has 29 heavy (non-hydrogen) atoms. The lowest BCUT2D eigenvalue weighted by molar-refractivity contribution is -0.941. The molecule has 2 nitrogen and oxygen atoms in total. The Balaban J connectivity index is 0.00000784. The molecule has 0 unspecified atom stereocenters. The summed E-state index contributed by atoms with van der Waals surface area (Å²) in [5.41, 5.74) is 8.41. The Morgan fingerprint density at radius 2 is 1.17 bits per heavy atom. The molecule has 0 heterocycles. The summed E-state index contributed by atoms with van der Waals surface area (Å²) in [5, 5.41) is 0. The van der Waals surface area contributed by atoms with E-state index >= 15 is 0 Å². The number of nitrogens with two attached hydrogens (primary N) is 1. The normalized spacial score (nSPS) is 11.4. The Kier molecular flexibility index (Phi) is 17.9. The molecule has 0 aliphatic heterocycles. The van der Waals surface area contributed by atoms with Crippen LogP contribution >= 0.6 is 22.6 Å². The summed E-state index contributed by atoms with van der Waals surface area (Å²) < 4.78 is 2.63. The molecule has 4 heteroatoms. The van der Waals surface area contributed by atoms with Gasteiger partial charge in [-0.05, 0) is 73.2 Å². The Morgan fingerprint density at radius 1 is 0.724 bits per heavy atom. The molecular formula is C25H46BrIN2. The van der Waals surface area contributed by atoms with E-state index < -0.39 is 0 Å². The van der Waals surface area contributed by atoms with Crippen LogP contribution in [0.5, 0.6) is 0 Å². The molecule has 1 aromatic rings. The number of hydrogen-bond acceptors (Lipinski definition) is 1. The van der Waals surface area contributed by atoms with E-state index in [1.807, 2.05) is 0 Å². The Labute approximate surface area is 205 Å². The van der Waals surface area contributed by atoms with Crippen molar-refractivity contribution in [1.29, 1.82) is 0 Å². The van der Waals surface area contributed by atoms with Crippen molar-refractivity contribution in [3.05, 3.63) is 27.3 Å². The van der Waals surface area contributed by atoms with Gasteiger partial charge in [0, 0.05) is 14.8 Å². The minimum absolute atomic E-state index is 0. The monoisotopic (exact) mass is 580 g/mol. The topological polar surface area (TPSA) is 26.0 Å². The molecule has 0 atom stereocenters. The Hall–Kier alpha value is 0.190. The third kappa shape index (κ3) is 12.6. The lowest BCUT2D eigenvalue weighted by atomic mass is 10.1. The second-order valence-electron chi connectivity index (χ2n) is 8.70. The molecule has 1 rings (SSSR count). The molecule has 0 spiro atoms. The van der Waals surface area contributed by atoms with Crippen LogP contribution in [0.1, 0.15) is 103 Å². The first-order valence-corrected chi connectivity index (χ1v) is 13.0. The molecule has 1 aromatic carbocycles.